The van der Waals surface area contributed by atoms with Crippen molar-refractivity contribution in [3.05, 3.63) is 72.6 Å². The maximum Gasteiger partial charge on any atom is 0.139 e. The summed E-state index contributed by atoms with van der Waals surface area (Å²) < 4.78 is 7.43. The van der Waals surface area contributed by atoms with Gasteiger partial charge in [-0.2, -0.15) is 5.10 Å². The highest BCUT2D eigenvalue weighted by Crippen LogP contribution is 2.20. The van der Waals surface area contributed by atoms with Crippen molar-refractivity contribution in [2.24, 2.45) is 0 Å². The first-order valence-electron chi connectivity index (χ1n) is 6.81. The second kappa shape index (κ2) is 6.24. The Bertz CT molecular complexity index is 707. The van der Waals surface area contributed by atoms with E-state index >= 15 is 0 Å². The second-order valence-corrected chi connectivity index (χ2v) is 4.86. The predicted octanol–water partition coefficient (Wildman–Crippen LogP) is 3.31. The summed E-state index contributed by atoms with van der Waals surface area (Å²) in [4.78, 5) is 0. The van der Waals surface area contributed by atoms with Crippen LogP contribution in [-0.4, -0.2) is 9.78 Å². The van der Waals surface area contributed by atoms with Gasteiger partial charge in [0, 0.05) is 17.4 Å². The molecule has 0 unspecified atom stereocenters. The van der Waals surface area contributed by atoms with Crippen LogP contribution in [-0.2, 0) is 18.1 Å². The van der Waals surface area contributed by atoms with Crippen molar-refractivity contribution >= 4 is 5.69 Å². The van der Waals surface area contributed by atoms with Gasteiger partial charge in [0.25, 0.3) is 0 Å². The Labute approximate surface area is 123 Å². The molecule has 4 heteroatoms. The molecule has 0 aliphatic carbocycles. The zero-order valence-electron chi connectivity index (χ0n) is 11.6. The van der Waals surface area contributed by atoms with Crippen LogP contribution in [0.5, 0.6) is 0 Å². The molecule has 1 aromatic heterocycles. The van der Waals surface area contributed by atoms with Gasteiger partial charge in [-0.3, -0.25) is 0 Å². The molecule has 0 aliphatic rings. The van der Waals surface area contributed by atoms with E-state index < -0.39 is 0 Å². The Kier molecular flexibility index (Phi) is 3.98. The van der Waals surface area contributed by atoms with Crippen molar-refractivity contribution in [3.8, 4) is 11.1 Å². The van der Waals surface area contributed by atoms with Crippen LogP contribution < -0.4 is 5.73 Å². The second-order valence-electron chi connectivity index (χ2n) is 4.86. The van der Waals surface area contributed by atoms with E-state index in [0.29, 0.717) is 13.3 Å². The quantitative estimate of drug-likeness (QED) is 0.729. The van der Waals surface area contributed by atoms with Gasteiger partial charge in [0.05, 0.1) is 12.8 Å². The molecule has 21 heavy (non-hydrogen) atoms. The Morgan fingerprint density at radius 1 is 1.00 bits per heavy atom. The van der Waals surface area contributed by atoms with Crippen LogP contribution in [0.4, 0.5) is 5.69 Å². The number of anilines is 1. The SMILES string of the molecule is Nc1cccc(-c2cnn(COCc3ccccc3)c2)c1. The summed E-state index contributed by atoms with van der Waals surface area (Å²) in [5.41, 5.74) is 9.79. The minimum atomic E-state index is 0.428. The fourth-order valence-electron chi connectivity index (χ4n) is 2.13. The van der Waals surface area contributed by atoms with Crippen LogP contribution >= 0.6 is 0 Å². The third-order valence-corrected chi connectivity index (χ3v) is 3.19. The van der Waals surface area contributed by atoms with Gasteiger partial charge in [-0.15, -0.1) is 0 Å². The predicted molar refractivity (Wildman–Crippen MR) is 83.3 cm³/mol. The molecule has 106 valence electrons. The maximum atomic E-state index is 5.80. The molecule has 0 atom stereocenters. The fourth-order valence-corrected chi connectivity index (χ4v) is 2.13. The van der Waals surface area contributed by atoms with Crippen molar-refractivity contribution in [2.75, 3.05) is 5.73 Å². The molecule has 3 rings (SSSR count). The van der Waals surface area contributed by atoms with Crippen LogP contribution in [0.1, 0.15) is 5.56 Å². The molecule has 3 aromatic rings. The van der Waals surface area contributed by atoms with E-state index in [-0.39, 0.29) is 0 Å². The number of hydrogen-bond donors (Lipinski definition) is 1. The molecular weight excluding hydrogens is 262 g/mol. The van der Waals surface area contributed by atoms with Crippen LogP contribution in [0.15, 0.2) is 67.0 Å². The van der Waals surface area contributed by atoms with Crippen molar-refractivity contribution in [1.82, 2.24) is 9.78 Å². The third kappa shape index (κ3) is 3.49. The molecule has 0 saturated carbocycles. The van der Waals surface area contributed by atoms with Crippen LogP contribution in [0, 0.1) is 0 Å². The molecule has 1 heterocycles. The standard InChI is InChI=1S/C17H17N3O/c18-17-8-4-7-15(9-17)16-10-19-20(11-16)13-21-12-14-5-2-1-3-6-14/h1-11H,12-13,18H2. The normalized spacial score (nSPS) is 10.7. The Morgan fingerprint density at radius 3 is 2.67 bits per heavy atom. The molecule has 2 aromatic carbocycles. The number of nitrogens with two attached hydrogens (primary N) is 1. The first-order chi connectivity index (χ1) is 10.3. The minimum absolute atomic E-state index is 0.428. The Morgan fingerprint density at radius 2 is 1.86 bits per heavy atom. The van der Waals surface area contributed by atoms with Gasteiger partial charge >= 0.3 is 0 Å². The molecule has 0 saturated heterocycles. The van der Waals surface area contributed by atoms with E-state index in [4.69, 9.17) is 10.5 Å². The zero-order chi connectivity index (χ0) is 14.5. The van der Waals surface area contributed by atoms with E-state index in [9.17, 15) is 0 Å². The molecule has 0 bridgehead atoms. The number of ether oxygens (including phenoxy) is 1. The molecular formula is C17H17N3O. The maximum absolute atomic E-state index is 5.80. The van der Waals surface area contributed by atoms with Gasteiger partial charge in [0.15, 0.2) is 0 Å². The monoisotopic (exact) mass is 279 g/mol. The first-order valence-corrected chi connectivity index (χ1v) is 6.81. The van der Waals surface area contributed by atoms with E-state index in [0.717, 1.165) is 22.4 Å². The van der Waals surface area contributed by atoms with Crippen LogP contribution in [0.2, 0.25) is 0 Å². The third-order valence-electron chi connectivity index (χ3n) is 3.19. The number of aromatic nitrogens is 2. The van der Waals surface area contributed by atoms with Crippen molar-refractivity contribution in [2.45, 2.75) is 13.3 Å². The molecule has 0 spiro atoms. The number of rotatable bonds is 5. The van der Waals surface area contributed by atoms with Gasteiger partial charge in [0.1, 0.15) is 6.73 Å². The summed E-state index contributed by atoms with van der Waals surface area (Å²) >= 11 is 0. The Balaban J connectivity index is 1.60. The van der Waals surface area contributed by atoms with E-state index in [1.54, 1.807) is 4.68 Å². The summed E-state index contributed by atoms with van der Waals surface area (Å²) in [6.45, 7) is 1.01. The van der Waals surface area contributed by atoms with Crippen LogP contribution in [0.3, 0.4) is 0 Å². The van der Waals surface area contributed by atoms with E-state index in [1.165, 1.54) is 0 Å². The lowest BCUT2D eigenvalue weighted by atomic mass is 10.1. The van der Waals surface area contributed by atoms with Gasteiger partial charge in [-0.1, -0.05) is 42.5 Å². The number of nitrogens with zero attached hydrogens (tertiary/aromatic N) is 2. The van der Waals surface area contributed by atoms with Gasteiger partial charge < -0.3 is 10.5 Å². The van der Waals surface area contributed by atoms with E-state index in [1.807, 2.05) is 67.0 Å². The van der Waals surface area contributed by atoms with Crippen molar-refractivity contribution in [1.29, 1.82) is 0 Å². The highest BCUT2D eigenvalue weighted by Gasteiger charge is 2.02. The summed E-state index contributed by atoms with van der Waals surface area (Å²) in [6.07, 6.45) is 3.78. The highest BCUT2D eigenvalue weighted by molar-refractivity contribution is 5.65. The molecule has 2 N–H and O–H groups in total. The van der Waals surface area contributed by atoms with E-state index in [2.05, 4.69) is 5.10 Å². The highest BCUT2D eigenvalue weighted by atomic mass is 16.5. The molecule has 0 radical (unpaired) electrons. The van der Waals surface area contributed by atoms with Gasteiger partial charge in [-0.25, -0.2) is 4.68 Å². The average molecular weight is 279 g/mol. The average Bonchev–Trinajstić information content (AvgIpc) is 2.97. The largest absolute Gasteiger partial charge is 0.399 e. The van der Waals surface area contributed by atoms with Crippen molar-refractivity contribution in [3.63, 3.8) is 0 Å². The van der Waals surface area contributed by atoms with Gasteiger partial charge in [0.2, 0.25) is 0 Å². The molecule has 0 amide bonds. The molecule has 0 fully saturated rings. The lowest BCUT2D eigenvalue weighted by Gasteiger charge is -2.04. The lowest BCUT2D eigenvalue weighted by molar-refractivity contribution is 0.0561. The summed E-state index contributed by atoms with van der Waals surface area (Å²) in [6, 6.07) is 17.9. The topological polar surface area (TPSA) is 53.1 Å². The smallest absolute Gasteiger partial charge is 0.139 e. The summed E-state index contributed by atoms with van der Waals surface area (Å²) in [5, 5.41) is 4.30. The number of benzene rings is 2. The number of hydrogen-bond acceptors (Lipinski definition) is 3. The van der Waals surface area contributed by atoms with Crippen molar-refractivity contribution < 1.29 is 4.74 Å². The first kappa shape index (κ1) is 13.4. The number of nitrogen functional groups attached to an aromatic ring is 1. The summed E-state index contributed by atoms with van der Waals surface area (Å²) in [5.74, 6) is 0. The van der Waals surface area contributed by atoms with Crippen LogP contribution in [0.25, 0.3) is 11.1 Å². The molecule has 4 nitrogen and oxygen atoms in total. The van der Waals surface area contributed by atoms with Gasteiger partial charge in [-0.05, 0) is 23.3 Å². The zero-order valence-corrected chi connectivity index (χ0v) is 11.6. The summed E-state index contributed by atoms with van der Waals surface area (Å²) in [7, 11) is 0. The fraction of sp³-hybridized carbons (Fsp3) is 0.118. The minimum Gasteiger partial charge on any atom is -0.399 e. The molecule has 0 aliphatic heterocycles. The lowest BCUT2D eigenvalue weighted by Crippen LogP contribution is -2.02. The Hall–Kier alpha value is -2.59.